The van der Waals surface area contributed by atoms with E-state index in [2.05, 4.69) is 10.3 Å². The molecule has 2 aromatic rings. The Bertz CT molecular complexity index is 727. The molecule has 0 aliphatic carbocycles. The van der Waals surface area contributed by atoms with Crippen LogP contribution in [0.15, 0.2) is 42.6 Å². The van der Waals surface area contributed by atoms with Crippen LogP contribution in [-0.2, 0) is 4.79 Å². The van der Waals surface area contributed by atoms with Gasteiger partial charge in [0.1, 0.15) is 0 Å². The molecule has 1 heterocycles. The van der Waals surface area contributed by atoms with Crippen LogP contribution in [0.25, 0.3) is 6.08 Å². The van der Waals surface area contributed by atoms with E-state index in [-0.39, 0.29) is 5.91 Å². The first-order chi connectivity index (χ1) is 12.2. The summed E-state index contributed by atoms with van der Waals surface area (Å²) in [4.78, 5) is 16.0. The Hall–Kier alpha value is -3.02. The van der Waals surface area contributed by atoms with Gasteiger partial charge >= 0.3 is 0 Å². The molecule has 0 radical (unpaired) electrons. The molecule has 0 saturated heterocycles. The fraction of sp³-hybridized carbons (Fsp3) is 0.263. The number of pyridine rings is 1. The molecule has 0 aliphatic rings. The number of benzene rings is 1. The highest BCUT2D eigenvalue weighted by Gasteiger charge is 2.05. The van der Waals surface area contributed by atoms with Gasteiger partial charge in [0.05, 0.1) is 32.7 Å². The maximum atomic E-state index is 12.0. The monoisotopic (exact) mass is 342 g/mol. The van der Waals surface area contributed by atoms with Crippen LogP contribution in [0, 0.1) is 0 Å². The molecule has 1 aromatic heterocycles. The lowest BCUT2D eigenvalue weighted by Gasteiger charge is -2.10. The van der Waals surface area contributed by atoms with Crippen molar-refractivity contribution in [2.24, 2.45) is 0 Å². The van der Waals surface area contributed by atoms with Crippen LogP contribution >= 0.6 is 0 Å². The van der Waals surface area contributed by atoms with Gasteiger partial charge in [-0.3, -0.25) is 4.79 Å². The average molecular weight is 342 g/mol. The number of hydrogen-bond acceptors (Lipinski definition) is 5. The minimum absolute atomic E-state index is 0.253. The molecule has 1 aromatic carbocycles. The molecule has 2 rings (SSSR count). The summed E-state index contributed by atoms with van der Waals surface area (Å²) in [5.74, 6) is 1.56. The normalized spacial score (nSPS) is 10.5. The molecule has 1 N–H and O–H groups in total. The van der Waals surface area contributed by atoms with Crippen molar-refractivity contribution in [2.45, 2.75) is 13.3 Å². The minimum atomic E-state index is -0.253. The minimum Gasteiger partial charge on any atom is -0.493 e. The van der Waals surface area contributed by atoms with E-state index in [1.807, 2.05) is 25.1 Å². The van der Waals surface area contributed by atoms with E-state index < -0.39 is 0 Å². The molecule has 0 saturated carbocycles. The highest BCUT2D eigenvalue weighted by Crippen LogP contribution is 2.28. The number of methoxy groups -OCH3 is 2. The molecule has 0 bridgehead atoms. The summed E-state index contributed by atoms with van der Waals surface area (Å²) in [7, 11) is 3.13. The standard InChI is InChI=1S/C19H22N2O4/c1-4-11-25-16-8-5-14(12-17(16)23-2)6-9-18(22)21-15-7-10-19(24-3)20-13-15/h5-10,12-13H,4,11H2,1-3H3,(H,21,22)/b9-6+. The van der Waals surface area contributed by atoms with Crippen molar-refractivity contribution in [1.82, 2.24) is 4.98 Å². The van der Waals surface area contributed by atoms with Crippen LogP contribution in [-0.4, -0.2) is 31.7 Å². The number of aromatic nitrogens is 1. The van der Waals surface area contributed by atoms with Crippen molar-refractivity contribution in [3.8, 4) is 17.4 Å². The topological polar surface area (TPSA) is 69.7 Å². The predicted octanol–water partition coefficient (Wildman–Crippen LogP) is 3.54. The summed E-state index contributed by atoms with van der Waals surface area (Å²) in [6.07, 6.45) is 5.61. The second-order valence-electron chi connectivity index (χ2n) is 5.17. The van der Waals surface area contributed by atoms with E-state index in [1.165, 1.54) is 19.4 Å². The number of amides is 1. The van der Waals surface area contributed by atoms with E-state index in [1.54, 1.807) is 25.3 Å². The second-order valence-corrected chi connectivity index (χ2v) is 5.17. The van der Waals surface area contributed by atoms with Crippen molar-refractivity contribution in [2.75, 3.05) is 26.1 Å². The van der Waals surface area contributed by atoms with E-state index >= 15 is 0 Å². The number of nitrogens with one attached hydrogen (secondary N) is 1. The highest BCUT2D eigenvalue weighted by molar-refractivity contribution is 6.01. The Balaban J connectivity index is 2.00. The smallest absolute Gasteiger partial charge is 0.248 e. The largest absolute Gasteiger partial charge is 0.493 e. The zero-order chi connectivity index (χ0) is 18.1. The van der Waals surface area contributed by atoms with Gasteiger partial charge < -0.3 is 19.5 Å². The quantitative estimate of drug-likeness (QED) is 0.743. The van der Waals surface area contributed by atoms with Gasteiger partial charge in [-0.25, -0.2) is 4.98 Å². The fourth-order valence-corrected chi connectivity index (χ4v) is 2.05. The molecule has 0 fully saturated rings. The zero-order valence-corrected chi connectivity index (χ0v) is 14.6. The molecule has 6 nitrogen and oxygen atoms in total. The van der Waals surface area contributed by atoms with Crippen LogP contribution in [0.2, 0.25) is 0 Å². The molecule has 0 aliphatic heterocycles. The first-order valence-electron chi connectivity index (χ1n) is 7.96. The van der Waals surface area contributed by atoms with Gasteiger partial charge in [-0.15, -0.1) is 0 Å². The van der Waals surface area contributed by atoms with Gasteiger partial charge in [0, 0.05) is 12.1 Å². The molecular formula is C19H22N2O4. The van der Waals surface area contributed by atoms with E-state index in [9.17, 15) is 4.79 Å². The van der Waals surface area contributed by atoms with Crippen LogP contribution in [0.1, 0.15) is 18.9 Å². The van der Waals surface area contributed by atoms with E-state index in [4.69, 9.17) is 14.2 Å². The van der Waals surface area contributed by atoms with Gasteiger partial charge in [-0.1, -0.05) is 13.0 Å². The van der Waals surface area contributed by atoms with Crippen LogP contribution in [0.3, 0.4) is 0 Å². The average Bonchev–Trinajstić information content (AvgIpc) is 2.65. The SMILES string of the molecule is CCCOc1ccc(/C=C/C(=O)Nc2ccc(OC)nc2)cc1OC. The number of nitrogens with zero attached hydrogens (tertiary/aromatic N) is 1. The van der Waals surface area contributed by atoms with Gasteiger partial charge in [-0.2, -0.15) is 0 Å². The predicted molar refractivity (Wildman–Crippen MR) is 97.2 cm³/mol. The first-order valence-corrected chi connectivity index (χ1v) is 7.96. The summed E-state index contributed by atoms with van der Waals surface area (Å²) >= 11 is 0. The summed E-state index contributed by atoms with van der Waals surface area (Å²) < 4.78 is 15.9. The van der Waals surface area contributed by atoms with Gasteiger partial charge in [0.25, 0.3) is 0 Å². The van der Waals surface area contributed by atoms with E-state index in [0.717, 1.165) is 12.0 Å². The molecule has 132 valence electrons. The van der Waals surface area contributed by atoms with Crippen molar-refractivity contribution in [3.63, 3.8) is 0 Å². The maximum Gasteiger partial charge on any atom is 0.248 e. The number of carbonyl (C=O) groups excluding carboxylic acids is 1. The molecule has 0 spiro atoms. The first kappa shape index (κ1) is 18.3. The van der Waals surface area contributed by atoms with Gasteiger partial charge in [0.15, 0.2) is 11.5 Å². The molecule has 1 amide bonds. The number of ether oxygens (including phenoxy) is 3. The van der Waals surface area contributed by atoms with Crippen molar-refractivity contribution < 1.29 is 19.0 Å². The lowest BCUT2D eigenvalue weighted by atomic mass is 10.2. The fourth-order valence-electron chi connectivity index (χ4n) is 2.05. The maximum absolute atomic E-state index is 12.0. The number of hydrogen-bond donors (Lipinski definition) is 1. The Labute approximate surface area is 147 Å². The Morgan fingerprint density at radius 1 is 1.16 bits per heavy atom. The molecule has 0 atom stereocenters. The Morgan fingerprint density at radius 3 is 2.64 bits per heavy atom. The molecule has 0 unspecified atom stereocenters. The lowest BCUT2D eigenvalue weighted by Crippen LogP contribution is -2.07. The Morgan fingerprint density at radius 2 is 2.00 bits per heavy atom. The highest BCUT2D eigenvalue weighted by atomic mass is 16.5. The summed E-state index contributed by atoms with van der Waals surface area (Å²) in [5, 5.41) is 2.73. The van der Waals surface area contributed by atoms with Crippen molar-refractivity contribution >= 4 is 17.7 Å². The van der Waals surface area contributed by atoms with Crippen LogP contribution < -0.4 is 19.5 Å². The number of rotatable bonds is 8. The summed E-state index contributed by atoms with van der Waals surface area (Å²) in [5.41, 5.74) is 1.43. The molecular weight excluding hydrogens is 320 g/mol. The Kier molecular flexibility index (Phi) is 6.83. The van der Waals surface area contributed by atoms with Crippen LogP contribution in [0.5, 0.6) is 17.4 Å². The third-order valence-corrected chi connectivity index (χ3v) is 3.29. The third-order valence-electron chi connectivity index (χ3n) is 3.29. The molecule has 6 heteroatoms. The van der Waals surface area contributed by atoms with Crippen molar-refractivity contribution in [1.29, 1.82) is 0 Å². The van der Waals surface area contributed by atoms with Crippen molar-refractivity contribution in [3.05, 3.63) is 48.2 Å². The van der Waals surface area contributed by atoms with Gasteiger partial charge in [0.2, 0.25) is 11.8 Å². The van der Waals surface area contributed by atoms with E-state index in [0.29, 0.717) is 29.7 Å². The van der Waals surface area contributed by atoms with Crippen LogP contribution in [0.4, 0.5) is 5.69 Å². The lowest BCUT2D eigenvalue weighted by molar-refractivity contribution is -0.111. The van der Waals surface area contributed by atoms with Gasteiger partial charge in [-0.05, 0) is 36.3 Å². The second kappa shape index (κ2) is 9.32. The third kappa shape index (κ3) is 5.53. The summed E-state index contributed by atoms with van der Waals surface area (Å²) in [6, 6.07) is 8.93. The summed E-state index contributed by atoms with van der Waals surface area (Å²) in [6.45, 7) is 2.67. The number of anilines is 1. The number of carbonyl (C=O) groups is 1. The molecule has 25 heavy (non-hydrogen) atoms. The zero-order valence-electron chi connectivity index (χ0n) is 14.6.